The fourth-order valence-corrected chi connectivity index (χ4v) is 4.52. The maximum Gasteiger partial charge on any atom is 0.320 e. The number of nitrogens with zero attached hydrogens (tertiary/aromatic N) is 4. The number of carbonyl (C=O) groups excluding carboxylic acids is 1. The molecule has 2 N–H and O–H groups in total. The Morgan fingerprint density at radius 2 is 1.95 bits per heavy atom. The van der Waals surface area contributed by atoms with Gasteiger partial charge >= 0.3 is 6.03 Å². The molecule has 2 atom stereocenters. The van der Waals surface area contributed by atoms with Gasteiger partial charge in [-0.05, 0) is 48.9 Å². The number of halogens is 2. The first-order chi connectivity index (χ1) is 18.9. The number of ether oxygens (including phenoxy) is 1. The Bertz CT molecular complexity index is 1430. The zero-order valence-corrected chi connectivity index (χ0v) is 21.5. The number of hydroxylamine groups is 2. The second kappa shape index (κ2) is 11.7. The molecular weight excluding hydrogens is 506 g/mol. The Labute approximate surface area is 224 Å². The predicted octanol–water partition coefficient (Wildman–Crippen LogP) is 4.65. The molecule has 0 aliphatic carbocycles. The van der Waals surface area contributed by atoms with Gasteiger partial charge in [-0.15, -0.1) is 0 Å². The van der Waals surface area contributed by atoms with Crippen molar-refractivity contribution in [3.05, 3.63) is 95.8 Å². The minimum atomic E-state index is -0.986. The van der Waals surface area contributed by atoms with Gasteiger partial charge in [0.15, 0.2) is 11.6 Å². The van der Waals surface area contributed by atoms with E-state index >= 15 is 0 Å². The first kappa shape index (κ1) is 26.4. The van der Waals surface area contributed by atoms with Crippen LogP contribution in [0.4, 0.5) is 19.4 Å². The topological polar surface area (TPSA) is 93.5 Å². The summed E-state index contributed by atoms with van der Waals surface area (Å²) in [6, 6.07) is 15.7. The van der Waals surface area contributed by atoms with Gasteiger partial charge in [0.05, 0.1) is 24.0 Å². The van der Waals surface area contributed by atoms with Crippen LogP contribution in [0.2, 0.25) is 0 Å². The molecule has 0 unspecified atom stereocenters. The fourth-order valence-electron chi connectivity index (χ4n) is 4.52. The molecule has 1 aliphatic heterocycles. The summed E-state index contributed by atoms with van der Waals surface area (Å²) in [6.45, 7) is 3.03. The fraction of sp³-hybridized carbons (Fsp3) is 0.250. The van der Waals surface area contributed by atoms with Crippen LogP contribution >= 0.6 is 0 Å². The molecule has 0 spiro atoms. The zero-order valence-electron chi connectivity index (χ0n) is 21.5. The number of amides is 2. The molecule has 4 aromatic rings. The van der Waals surface area contributed by atoms with Crippen molar-refractivity contribution in [1.82, 2.24) is 25.1 Å². The Balaban J connectivity index is 1.42. The van der Waals surface area contributed by atoms with Gasteiger partial charge in [-0.1, -0.05) is 24.3 Å². The molecule has 1 fully saturated rings. The summed E-state index contributed by atoms with van der Waals surface area (Å²) in [5.74, 6) is -1.46. The molecule has 0 bridgehead atoms. The van der Waals surface area contributed by atoms with E-state index in [2.05, 4.69) is 15.6 Å². The molecule has 3 heterocycles. The van der Waals surface area contributed by atoms with Crippen LogP contribution in [0.3, 0.4) is 0 Å². The third-order valence-electron chi connectivity index (χ3n) is 6.45. The van der Waals surface area contributed by atoms with Crippen molar-refractivity contribution in [2.45, 2.75) is 19.1 Å². The van der Waals surface area contributed by atoms with Crippen LogP contribution in [0, 0.1) is 18.6 Å². The van der Waals surface area contributed by atoms with Gasteiger partial charge in [-0.3, -0.25) is 15.1 Å². The lowest BCUT2D eigenvalue weighted by Crippen LogP contribution is -2.42. The molecular formula is C28H28F2N6O3. The average molecular weight is 535 g/mol. The predicted molar refractivity (Wildman–Crippen MR) is 141 cm³/mol. The summed E-state index contributed by atoms with van der Waals surface area (Å²) < 4.78 is 34.4. The summed E-state index contributed by atoms with van der Waals surface area (Å²) in [7, 11) is 1.57. The number of aromatic nitrogens is 3. The summed E-state index contributed by atoms with van der Waals surface area (Å²) in [6.07, 6.45) is 2.67. The lowest BCUT2D eigenvalue weighted by molar-refractivity contribution is -0.154. The van der Waals surface area contributed by atoms with Crippen molar-refractivity contribution in [3.63, 3.8) is 0 Å². The van der Waals surface area contributed by atoms with Crippen LogP contribution in [0.1, 0.15) is 17.2 Å². The SMILES string of the molecule is COCCN1C[C@@H](NC(=O)Nc2c(C)c(-c3cccnc3)nn2-c2ccccc2)[C@H](c2ccc(F)c(F)c2)O1. The Kier molecular flexibility index (Phi) is 7.92. The van der Waals surface area contributed by atoms with Gasteiger partial charge in [0.2, 0.25) is 0 Å². The Morgan fingerprint density at radius 3 is 2.67 bits per heavy atom. The van der Waals surface area contributed by atoms with E-state index in [9.17, 15) is 13.6 Å². The number of benzene rings is 2. The van der Waals surface area contributed by atoms with Crippen molar-refractivity contribution in [3.8, 4) is 16.9 Å². The van der Waals surface area contributed by atoms with Gasteiger partial charge in [0, 0.05) is 43.7 Å². The first-order valence-corrected chi connectivity index (χ1v) is 12.4. The second-order valence-corrected chi connectivity index (χ2v) is 9.10. The molecule has 0 radical (unpaired) electrons. The number of hydrogen-bond acceptors (Lipinski definition) is 6. The largest absolute Gasteiger partial charge is 0.383 e. The maximum atomic E-state index is 14.0. The molecule has 5 rings (SSSR count). The summed E-state index contributed by atoms with van der Waals surface area (Å²) in [4.78, 5) is 23.5. The Morgan fingerprint density at radius 1 is 1.13 bits per heavy atom. The van der Waals surface area contributed by atoms with Gasteiger partial charge in [0.25, 0.3) is 0 Å². The quantitative estimate of drug-likeness (QED) is 0.342. The smallest absolute Gasteiger partial charge is 0.320 e. The van der Waals surface area contributed by atoms with E-state index in [1.54, 1.807) is 29.2 Å². The summed E-state index contributed by atoms with van der Waals surface area (Å²) in [5.41, 5.74) is 3.41. The number of hydrogen-bond donors (Lipinski definition) is 2. The molecule has 1 saturated heterocycles. The van der Waals surface area contributed by atoms with Crippen molar-refractivity contribution in [2.24, 2.45) is 0 Å². The summed E-state index contributed by atoms with van der Waals surface area (Å²) >= 11 is 0. The number of rotatable bonds is 8. The molecule has 2 aromatic carbocycles. The number of urea groups is 1. The zero-order chi connectivity index (χ0) is 27.4. The molecule has 11 heteroatoms. The van der Waals surface area contributed by atoms with E-state index in [0.717, 1.165) is 28.9 Å². The highest BCUT2D eigenvalue weighted by atomic mass is 19.2. The summed E-state index contributed by atoms with van der Waals surface area (Å²) in [5, 5.41) is 12.3. The highest BCUT2D eigenvalue weighted by Gasteiger charge is 2.37. The van der Waals surface area contributed by atoms with Gasteiger partial charge < -0.3 is 10.1 Å². The first-order valence-electron chi connectivity index (χ1n) is 12.4. The van der Waals surface area contributed by atoms with E-state index in [1.807, 2.05) is 49.4 Å². The highest BCUT2D eigenvalue weighted by molar-refractivity contribution is 5.91. The lowest BCUT2D eigenvalue weighted by atomic mass is 10.0. The van der Waals surface area contributed by atoms with E-state index < -0.39 is 29.8 Å². The minimum absolute atomic E-state index is 0.318. The molecule has 2 aromatic heterocycles. The number of carbonyl (C=O) groups is 1. The maximum absolute atomic E-state index is 14.0. The van der Waals surface area contributed by atoms with Crippen LogP contribution in [-0.4, -0.2) is 58.7 Å². The van der Waals surface area contributed by atoms with Crippen LogP contribution in [-0.2, 0) is 9.57 Å². The number of pyridine rings is 1. The monoisotopic (exact) mass is 534 g/mol. The standard InChI is InChI=1S/C28H28F2N6O3/c1-18-25(20-7-6-12-31-16-20)34-36(21-8-4-3-5-9-21)27(18)33-28(37)32-24-17-35(13-14-38-2)39-26(24)19-10-11-22(29)23(30)15-19/h3-12,15-16,24,26H,13-14,17H2,1-2H3,(H2,32,33,37)/t24-,26+/m1/s1. The number of nitrogens with one attached hydrogen (secondary N) is 2. The van der Waals surface area contributed by atoms with Crippen LogP contribution < -0.4 is 10.6 Å². The molecule has 202 valence electrons. The second-order valence-electron chi connectivity index (χ2n) is 9.10. The molecule has 2 amide bonds. The van der Waals surface area contributed by atoms with Crippen molar-refractivity contribution >= 4 is 11.8 Å². The average Bonchev–Trinajstić information content (AvgIpc) is 3.50. The van der Waals surface area contributed by atoms with Crippen LogP contribution in [0.15, 0.2) is 73.1 Å². The third-order valence-corrected chi connectivity index (χ3v) is 6.45. The van der Waals surface area contributed by atoms with E-state index in [-0.39, 0.29) is 0 Å². The number of methoxy groups -OCH3 is 1. The van der Waals surface area contributed by atoms with Gasteiger partial charge in [-0.2, -0.15) is 10.2 Å². The van der Waals surface area contributed by atoms with Gasteiger partial charge in [-0.25, -0.2) is 18.3 Å². The van der Waals surface area contributed by atoms with Crippen molar-refractivity contribution < 1.29 is 23.1 Å². The molecule has 1 aliphatic rings. The highest BCUT2D eigenvalue weighted by Crippen LogP contribution is 2.32. The van der Waals surface area contributed by atoms with Gasteiger partial charge in [0.1, 0.15) is 11.9 Å². The third kappa shape index (κ3) is 5.80. The van der Waals surface area contributed by atoms with E-state index in [1.165, 1.54) is 6.07 Å². The Hall–Kier alpha value is -4.19. The van der Waals surface area contributed by atoms with Crippen LogP contribution in [0.5, 0.6) is 0 Å². The van der Waals surface area contributed by atoms with Crippen molar-refractivity contribution in [2.75, 3.05) is 32.1 Å². The number of anilines is 1. The lowest BCUT2D eigenvalue weighted by Gasteiger charge is -2.20. The minimum Gasteiger partial charge on any atom is -0.383 e. The normalized spacial score (nSPS) is 17.3. The van der Waals surface area contributed by atoms with Crippen LogP contribution in [0.25, 0.3) is 16.9 Å². The molecule has 39 heavy (non-hydrogen) atoms. The number of para-hydroxylation sites is 1. The van der Waals surface area contributed by atoms with Crippen molar-refractivity contribution in [1.29, 1.82) is 0 Å². The molecule has 0 saturated carbocycles. The van der Waals surface area contributed by atoms with E-state index in [0.29, 0.717) is 36.8 Å². The molecule has 9 nitrogen and oxygen atoms in total. The van der Waals surface area contributed by atoms with E-state index in [4.69, 9.17) is 14.7 Å².